The van der Waals surface area contributed by atoms with Crippen LogP contribution in [0.15, 0.2) is 24.5 Å². The molecule has 0 aliphatic rings. The molecule has 0 radical (unpaired) electrons. The van der Waals surface area contributed by atoms with E-state index in [1.807, 2.05) is 39.1 Å². The fourth-order valence-corrected chi connectivity index (χ4v) is 2.04. The van der Waals surface area contributed by atoms with Crippen molar-refractivity contribution in [2.45, 2.75) is 33.7 Å². The van der Waals surface area contributed by atoms with Crippen molar-refractivity contribution in [3.8, 4) is 5.88 Å². The number of pyridine rings is 1. The number of aryl methyl sites for hydroxylation is 2. The summed E-state index contributed by atoms with van der Waals surface area (Å²) in [5.41, 5.74) is 3.03. The molecule has 2 rings (SSSR count). The molecule has 0 aromatic carbocycles. The first-order valence-corrected chi connectivity index (χ1v) is 6.75. The number of hydrogen-bond donors (Lipinski definition) is 1. The first kappa shape index (κ1) is 14.2. The van der Waals surface area contributed by atoms with Crippen LogP contribution in [0, 0.1) is 13.8 Å². The first-order valence-electron chi connectivity index (χ1n) is 6.75. The fourth-order valence-electron chi connectivity index (χ4n) is 2.04. The molecule has 0 amide bonds. The third-order valence-electron chi connectivity index (χ3n) is 3.02. The van der Waals surface area contributed by atoms with Gasteiger partial charge >= 0.3 is 0 Å². The van der Waals surface area contributed by atoms with Crippen LogP contribution in [0.4, 0.5) is 5.69 Å². The number of aromatic nitrogens is 3. The van der Waals surface area contributed by atoms with Crippen LogP contribution in [-0.4, -0.2) is 21.6 Å². The van der Waals surface area contributed by atoms with E-state index in [2.05, 4.69) is 27.2 Å². The van der Waals surface area contributed by atoms with Crippen molar-refractivity contribution in [1.82, 2.24) is 15.0 Å². The summed E-state index contributed by atoms with van der Waals surface area (Å²) >= 11 is 0. The number of ether oxygens (including phenoxy) is 1. The van der Waals surface area contributed by atoms with Gasteiger partial charge in [0.1, 0.15) is 5.82 Å². The molecule has 1 N–H and O–H groups in total. The molecule has 20 heavy (non-hydrogen) atoms. The molecule has 2 aromatic rings. The number of nitrogens with one attached hydrogen (secondary N) is 1. The number of nitrogens with zero attached hydrogens (tertiary/aromatic N) is 3. The highest BCUT2D eigenvalue weighted by Crippen LogP contribution is 2.21. The van der Waals surface area contributed by atoms with Gasteiger partial charge in [-0.15, -0.1) is 0 Å². The second-order valence-corrected chi connectivity index (χ2v) is 4.64. The molecule has 0 unspecified atom stereocenters. The van der Waals surface area contributed by atoms with Gasteiger partial charge in [-0.3, -0.25) is 0 Å². The van der Waals surface area contributed by atoms with Crippen LogP contribution in [-0.2, 0) is 0 Å². The van der Waals surface area contributed by atoms with Gasteiger partial charge in [0.25, 0.3) is 0 Å². The molecule has 5 nitrogen and oxygen atoms in total. The fraction of sp³-hybridized carbons (Fsp3) is 0.400. The van der Waals surface area contributed by atoms with Gasteiger partial charge in [-0.2, -0.15) is 0 Å². The zero-order valence-corrected chi connectivity index (χ0v) is 12.3. The zero-order chi connectivity index (χ0) is 14.5. The van der Waals surface area contributed by atoms with Crippen molar-refractivity contribution in [3.63, 3.8) is 0 Å². The lowest BCUT2D eigenvalue weighted by molar-refractivity contribution is 0.327. The Hall–Kier alpha value is -2.17. The first-order chi connectivity index (χ1) is 9.60. The Labute approximate surface area is 119 Å². The summed E-state index contributed by atoms with van der Waals surface area (Å²) in [6.07, 6.45) is 3.64. The van der Waals surface area contributed by atoms with Crippen LogP contribution in [0.5, 0.6) is 5.88 Å². The minimum absolute atomic E-state index is 0.121. The van der Waals surface area contributed by atoms with E-state index in [-0.39, 0.29) is 6.04 Å². The van der Waals surface area contributed by atoms with Crippen LogP contribution in [0.3, 0.4) is 0 Å². The minimum Gasteiger partial charge on any atom is -0.478 e. The number of anilines is 1. The van der Waals surface area contributed by atoms with Gasteiger partial charge in [-0.05, 0) is 33.8 Å². The van der Waals surface area contributed by atoms with Crippen molar-refractivity contribution in [2.75, 3.05) is 11.9 Å². The third kappa shape index (κ3) is 3.44. The lowest BCUT2D eigenvalue weighted by Gasteiger charge is -2.17. The maximum Gasteiger partial charge on any atom is 0.213 e. The number of hydrogen-bond acceptors (Lipinski definition) is 5. The van der Waals surface area contributed by atoms with E-state index in [0.717, 1.165) is 22.8 Å². The second kappa shape index (κ2) is 6.32. The molecule has 1 atom stereocenters. The molecule has 0 aliphatic carbocycles. The monoisotopic (exact) mass is 272 g/mol. The average Bonchev–Trinajstić information content (AvgIpc) is 2.41. The summed E-state index contributed by atoms with van der Waals surface area (Å²) in [5.74, 6) is 1.43. The molecule has 5 heteroatoms. The lowest BCUT2D eigenvalue weighted by Crippen LogP contribution is -2.10. The van der Waals surface area contributed by atoms with Gasteiger partial charge < -0.3 is 10.1 Å². The Balaban J connectivity index is 2.08. The highest BCUT2D eigenvalue weighted by molar-refractivity contribution is 5.44. The molecule has 2 heterocycles. The maximum atomic E-state index is 5.32. The molecule has 0 spiro atoms. The summed E-state index contributed by atoms with van der Waals surface area (Å²) in [6, 6.07) is 3.94. The van der Waals surface area contributed by atoms with Gasteiger partial charge in [0, 0.05) is 23.5 Å². The van der Waals surface area contributed by atoms with Gasteiger partial charge in [-0.25, -0.2) is 15.0 Å². The van der Waals surface area contributed by atoms with Gasteiger partial charge in [0.2, 0.25) is 5.88 Å². The topological polar surface area (TPSA) is 59.9 Å². The van der Waals surface area contributed by atoms with Crippen molar-refractivity contribution in [2.24, 2.45) is 0 Å². The summed E-state index contributed by atoms with van der Waals surface area (Å²) in [7, 11) is 0. The van der Waals surface area contributed by atoms with Gasteiger partial charge in [0.15, 0.2) is 0 Å². The summed E-state index contributed by atoms with van der Waals surface area (Å²) < 4.78 is 5.32. The molecular formula is C15H20N4O. The van der Waals surface area contributed by atoms with E-state index in [9.17, 15) is 0 Å². The summed E-state index contributed by atoms with van der Waals surface area (Å²) in [5, 5.41) is 3.39. The number of rotatable bonds is 5. The second-order valence-electron chi connectivity index (χ2n) is 4.64. The van der Waals surface area contributed by atoms with E-state index in [0.29, 0.717) is 12.5 Å². The Bertz CT molecular complexity index is 569. The zero-order valence-electron chi connectivity index (χ0n) is 12.3. The van der Waals surface area contributed by atoms with Crippen molar-refractivity contribution in [1.29, 1.82) is 0 Å². The molecule has 2 aromatic heterocycles. The molecule has 0 saturated heterocycles. The van der Waals surface area contributed by atoms with E-state index in [1.165, 1.54) is 0 Å². The highest BCUT2D eigenvalue weighted by Gasteiger charge is 2.10. The van der Waals surface area contributed by atoms with Crippen LogP contribution in [0.2, 0.25) is 0 Å². The van der Waals surface area contributed by atoms with Crippen LogP contribution >= 0.6 is 0 Å². The highest BCUT2D eigenvalue weighted by atomic mass is 16.5. The third-order valence-corrected chi connectivity index (χ3v) is 3.02. The smallest absolute Gasteiger partial charge is 0.213 e. The van der Waals surface area contributed by atoms with Crippen molar-refractivity contribution >= 4 is 5.69 Å². The Morgan fingerprint density at radius 1 is 1.20 bits per heavy atom. The average molecular weight is 272 g/mol. The Morgan fingerprint density at radius 3 is 2.60 bits per heavy atom. The molecule has 0 aliphatic heterocycles. The van der Waals surface area contributed by atoms with E-state index >= 15 is 0 Å². The predicted octanol–water partition coefficient (Wildman–Crippen LogP) is 3.06. The van der Waals surface area contributed by atoms with E-state index in [4.69, 9.17) is 4.74 Å². The molecular weight excluding hydrogens is 252 g/mol. The van der Waals surface area contributed by atoms with Crippen LogP contribution in [0.1, 0.15) is 37.0 Å². The van der Waals surface area contributed by atoms with Crippen LogP contribution < -0.4 is 10.1 Å². The normalized spacial score (nSPS) is 12.0. The Kier molecular flexibility index (Phi) is 4.50. The molecule has 0 saturated carbocycles. The largest absolute Gasteiger partial charge is 0.478 e. The standard InChI is InChI=1S/C15H20N4O/c1-5-20-15-7-6-13(8-17-15)19-11(3)14-9-16-12(4)18-10(14)2/h6-9,11,19H,5H2,1-4H3/t11-/m0/s1. The quantitative estimate of drug-likeness (QED) is 0.906. The van der Waals surface area contributed by atoms with E-state index < -0.39 is 0 Å². The van der Waals surface area contributed by atoms with Crippen molar-refractivity contribution < 1.29 is 4.74 Å². The predicted molar refractivity (Wildman–Crippen MR) is 78.9 cm³/mol. The minimum atomic E-state index is 0.121. The molecule has 0 bridgehead atoms. The Morgan fingerprint density at radius 2 is 2.00 bits per heavy atom. The summed E-state index contributed by atoms with van der Waals surface area (Å²) in [4.78, 5) is 12.9. The molecule has 0 fully saturated rings. The lowest BCUT2D eigenvalue weighted by atomic mass is 10.1. The van der Waals surface area contributed by atoms with Crippen LogP contribution in [0.25, 0.3) is 0 Å². The SMILES string of the molecule is CCOc1ccc(N[C@@H](C)c2cnc(C)nc2C)cn1. The van der Waals surface area contributed by atoms with Crippen molar-refractivity contribution in [3.05, 3.63) is 41.6 Å². The summed E-state index contributed by atoms with van der Waals surface area (Å²) in [6.45, 7) is 8.54. The maximum absolute atomic E-state index is 5.32. The van der Waals surface area contributed by atoms with Gasteiger partial charge in [0.05, 0.1) is 24.5 Å². The van der Waals surface area contributed by atoms with E-state index in [1.54, 1.807) is 6.20 Å². The molecule has 106 valence electrons. The van der Waals surface area contributed by atoms with Gasteiger partial charge in [-0.1, -0.05) is 0 Å².